The zero-order valence-corrected chi connectivity index (χ0v) is 13.5. The van der Waals surface area contributed by atoms with Gasteiger partial charge in [-0.3, -0.25) is 9.69 Å². The van der Waals surface area contributed by atoms with E-state index in [-0.39, 0.29) is 11.9 Å². The van der Waals surface area contributed by atoms with Crippen molar-refractivity contribution in [2.75, 3.05) is 6.54 Å². The minimum absolute atomic E-state index is 0.00790. The lowest BCUT2D eigenvalue weighted by Gasteiger charge is -2.26. The molecule has 0 spiro atoms. The van der Waals surface area contributed by atoms with Crippen molar-refractivity contribution in [3.8, 4) is 0 Å². The highest BCUT2D eigenvalue weighted by Crippen LogP contribution is 2.13. The maximum atomic E-state index is 12.3. The monoisotopic (exact) mass is 300 g/mol. The van der Waals surface area contributed by atoms with Crippen LogP contribution >= 0.6 is 0 Å². The molecule has 0 aliphatic heterocycles. The van der Waals surface area contributed by atoms with E-state index in [0.717, 1.165) is 12.3 Å². The molecule has 1 aromatic heterocycles. The molecule has 118 valence electrons. The maximum Gasteiger partial charge on any atom is 0.234 e. The highest BCUT2D eigenvalue weighted by molar-refractivity contribution is 5.78. The zero-order chi connectivity index (χ0) is 15.9. The molecule has 1 aromatic carbocycles. The van der Waals surface area contributed by atoms with Gasteiger partial charge in [-0.2, -0.15) is 0 Å². The highest BCUT2D eigenvalue weighted by atomic mass is 16.3. The third-order valence-corrected chi connectivity index (χ3v) is 3.65. The molecule has 2 aromatic rings. The van der Waals surface area contributed by atoms with Crippen LogP contribution in [0.2, 0.25) is 0 Å². The average molecular weight is 300 g/mol. The number of rotatable bonds is 7. The number of benzene rings is 1. The van der Waals surface area contributed by atoms with E-state index in [9.17, 15) is 4.79 Å². The van der Waals surface area contributed by atoms with Gasteiger partial charge in [0.15, 0.2) is 0 Å². The Morgan fingerprint density at radius 1 is 1.14 bits per heavy atom. The third-order valence-electron chi connectivity index (χ3n) is 3.65. The Morgan fingerprint density at radius 2 is 1.86 bits per heavy atom. The first-order chi connectivity index (χ1) is 10.6. The Kier molecular flexibility index (Phi) is 5.78. The fourth-order valence-electron chi connectivity index (χ4n) is 2.32. The number of carbonyl (C=O) groups excluding carboxylic acids is 1. The molecule has 1 N–H and O–H groups in total. The minimum atomic E-state index is -0.117. The van der Waals surface area contributed by atoms with Crippen LogP contribution in [-0.4, -0.2) is 23.4 Å². The summed E-state index contributed by atoms with van der Waals surface area (Å²) in [5, 5.41) is 2.98. The van der Waals surface area contributed by atoms with Crippen molar-refractivity contribution in [1.82, 2.24) is 10.2 Å². The van der Waals surface area contributed by atoms with Gasteiger partial charge in [0.25, 0.3) is 0 Å². The molecule has 1 amide bonds. The van der Waals surface area contributed by atoms with Gasteiger partial charge in [-0.15, -0.1) is 0 Å². The van der Waals surface area contributed by atoms with Gasteiger partial charge in [-0.05, 0) is 38.5 Å². The summed E-state index contributed by atoms with van der Waals surface area (Å²) in [6, 6.07) is 14.1. The Hall–Kier alpha value is -2.07. The number of furan rings is 1. The second kappa shape index (κ2) is 7.80. The molecule has 0 radical (unpaired) electrons. The van der Waals surface area contributed by atoms with E-state index < -0.39 is 0 Å². The number of amides is 1. The Labute approximate surface area is 132 Å². The van der Waals surface area contributed by atoms with Crippen LogP contribution in [0.15, 0.2) is 53.1 Å². The van der Waals surface area contributed by atoms with Crippen molar-refractivity contribution in [3.05, 3.63) is 60.1 Å². The summed E-state index contributed by atoms with van der Waals surface area (Å²) in [4.78, 5) is 14.4. The van der Waals surface area contributed by atoms with Gasteiger partial charge in [-0.1, -0.05) is 30.3 Å². The van der Waals surface area contributed by atoms with Gasteiger partial charge < -0.3 is 9.73 Å². The largest absolute Gasteiger partial charge is 0.467 e. The zero-order valence-electron chi connectivity index (χ0n) is 13.5. The first-order valence-corrected chi connectivity index (χ1v) is 7.67. The lowest BCUT2D eigenvalue weighted by molar-refractivity contribution is -0.123. The summed E-state index contributed by atoms with van der Waals surface area (Å²) in [5.74, 6) is 0.779. The summed E-state index contributed by atoms with van der Waals surface area (Å²) >= 11 is 0. The SMILES string of the molecule is CC(NC(=O)CN(Cc1ccccc1)C(C)C)c1ccco1. The lowest BCUT2D eigenvalue weighted by Crippen LogP contribution is -2.41. The number of hydrogen-bond donors (Lipinski definition) is 1. The van der Waals surface area contributed by atoms with E-state index in [1.807, 2.05) is 37.3 Å². The molecule has 0 saturated carbocycles. The predicted octanol–water partition coefficient (Wildman–Crippen LogP) is 3.37. The quantitative estimate of drug-likeness (QED) is 0.852. The van der Waals surface area contributed by atoms with Crippen molar-refractivity contribution in [2.24, 2.45) is 0 Å². The molecule has 0 aliphatic rings. The van der Waals surface area contributed by atoms with Crippen LogP contribution in [0, 0.1) is 0 Å². The summed E-state index contributed by atoms with van der Waals surface area (Å²) in [6.45, 7) is 7.27. The van der Waals surface area contributed by atoms with E-state index in [4.69, 9.17) is 4.42 Å². The van der Waals surface area contributed by atoms with Crippen LogP contribution in [0.4, 0.5) is 0 Å². The van der Waals surface area contributed by atoms with Gasteiger partial charge in [-0.25, -0.2) is 0 Å². The molecule has 0 aliphatic carbocycles. The summed E-state index contributed by atoms with van der Waals surface area (Å²) in [5.41, 5.74) is 1.21. The molecule has 1 heterocycles. The third kappa shape index (κ3) is 4.74. The molecule has 1 unspecified atom stereocenters. The van der Waals surface area contributed by atoms with Crippen LogP contribution in [0.3, 0.4) is 0 Å². The van der Waals surface area contributed by atoms with E-state index >= 15 is 0 Å². The average Bonchev–Trinajstić information content (AvgIpc) is 3.01. The van der Waals surface area contributed by atoms with E-state index in [1.165, 1.54) is 5.56 Å². The maximum absolute atomic E-state index is 12.3. The van der Waals surface area contributed by atoms with Gasteiger partial charge in [0.2, 0.25) is 5.91 Å². The Balaban J connectivity index is 1.91. The van der Waals surface area contributed by atoms with Crippen LogP contribution in [0.25, 0.3) is 0 Å². The first-order valence-electron chi connectivity index (χ1n) is 7.67. The Morgan fingerprint density at radius 3 is 2.45 bits per heavy atom. The number of hydrogen-bond acceptors (Lipinski definition) is 3. The fourth-order valence-corrected chi connectivity index (χ4v) is 2.32. The molecule has 0 bridgehead atoms. The summed E-state index contributed by atoms with van der Waals surface area (Å²) < 4.78 is 5.32. The molecular weight excluding hydrogens is 276 g/mol. The van der Waals surface area contributed by atoms with Crippen LogP contribution in [-0.2, 0) is 11.3 Å². The second-order valence-corrected chi connectivity index (χ2v) is 5.79. The van der Waals surface area contributed by atoms with Crippen LogP contribution < -0.4 is 5.32 Å². The number of carbonyl (C=O) groups is 1. The second-order valence-electron chi connectivity index (χ2n) is 5.79. The van der Waals surface area contributed by atoms with Crippen LogP contribution in [0.5, 0.6) is 0 Å². The fraction of sp³-hybridized carbons (Fsp3) is 0.389. The topological polar surface area (TPSA) is 45.5 Å². The van der Waals surface area contributed by atoms with E-state index in [0.29, 0.717) is 12.6 Å². The lowest BCUT2D eigenvalue weighted by atomic mass is 10.2. The molecular formula is C18H24N2O2. The van der Waals surface area contributed by atoms with Crippen LogP contribution in [0.1, 0.15) is 38.1 Å². The minimum Gasteiger partial charge on any atom is -0.467 e. The molecule has 2 rings (SSSR count). The van der Waals surface area contributed by atoms with Gasteiger partial charge in [0.05, 0.1) is 18.8 Å². The van der Waals surface area contributed by atoms with Gasteiger partial charge in [0.1, 0.15) is 5.76 Å². The summed E-state index contributed by atoms with van der Waals surface area (Å²) in [6.07, 6.45) is 1.62. The van der Waals surface area contributed by atoms with E-state index in [1.54, 1.807) is 6.26 Å². The van der Waals surface area contributed by atoms with Crippen molar-refractivity contribution < 1.29 is 9.21 Å². The molecule has 4 heteroatoms. The van der Waals surface area contributed by atoms with Crippen molar-refractivity contribution in [3.63, 3.8) is 0 Å². The molecule has 1 atom stereocenters. The van der Waals surface area contributed by atoms with Crippen molar-refractivity contribution >= 4 is 5.91 Å². The molecule has 0 fully saturated rings. The molecule has 4 nitrogen and oxygen atoms in total. The van der Waals surface area contributed by atoms with Gasteiger partial charge >= 0.3 is 0 Å². The number of nitrogens with one attached hydrogen (secondary N) is 1. The molecule has 0 saturated heterocycles. The highest BCUT2D eigenvalue weighted by Gasteiger charge is 2.17. The van der Waals surface area contributed by atoms with E-state index in [2.05, 4.69) is 36.2 Å². The first kappa shape index (κ1) is 16.3. The standard InChI is InChI=1S/C18H24N2O2/c1-14(2)20(12-16-8-5-4-6-9-16)13-18(21)19-15(3)17-10-7-11-22-17/h4-11,14-15H,12-13H2,1-3H3,(H,19,21). The number of nitrogens with zero attached hydrogens (tertiary/aromatic N) is 1. The van der Waals surface area contributed by atoms with Crippen molar-refractivity contribution in [2.45, 2.75) is 39.4 Å². The molecule has 22 heavy (non-hydrogen) atoms. The predicted molar refractivity (Wildman–Crippen MR) is 87.3 cm³/mol. The summed E-state index contributed by atoms with van der Waals surface area (Å²) in [7, 11) is 0. The Bertz CT molecular complexity index is 564. The normalized spacial score (nSPS) is 12.6. The smallest absolute Gasteiger partial charge is 0.234 e. The van der Waals surface area contributed by atoms with Crippen molar-refractivity contribution in [1.29, 1.82) is 0 Å². The van der Waals surface area contributed by atoms with Gasteiger partial charge in [0, 0.05) is 12.6 Å².